The molecule has 0 aliphatic carbocycles. The van der Waals surface area contributed by atoms with E-state index in [1.165, 1.54) is 18.3 Å². The number of nitrogen functional groups attached to an aromatic ring is 1. The number of hydrogen-bond donors (Lipinski definition) is 2. The molecule has 4 nitrogen and oxygen atoms in total. The monoisotopic (exact) mass is 158 g/mol. The zero-order valence-corrected chi connectivity index (χ0v) is 5.91. The number of rotatable bonds is 1. The first kappa shape index (κ1) is 7.01. The van der Waals surface area contributed by atoms with E-state index in [1.807, 2.05) is 0 Å². The maximum absolute atomic E-state index is 10.3. The van der Waals surface area contributed by atoms with Crippen LogP contribution >= 0.6 is 0 Å². The number of nitrogens with two attached hydrogens (primary N) is 1. The molecule has 0 aromatic carbocycles. The molecule has 2 N–H and O–H groups in total. The number of hydrogen-bond acceptors (Lipinski definition) is 4. The maximum atomic E-state index is 10.3. The van der Waals surface area contributed by atoms with Crippen LogP contribution in [0, 0.1) is 0 Å². The van der Waals surface area contributed by atoms with Crippen LogP contribution in [0.3, 0.4) is 0 Å². The van der Waals surface area contributed by atoms with Gasteiger partial charge >= 0.3 is 0 Å². The average Bonchev–Trinajstić information content (AvgIpc) is 1.88. The van der Waals surface area contributed by atoms with Gasteiger partial charge in [0.05, 0.1) is 4.90 Å². The number of nitrogens with zero attached hydrogens (tertiary/aromatic N) is 1. The molecule has 1 aromatic rings. The number of thiol groups is 1. The van der Waals surface area contributed by atoms with Crippen LogP contribution in [0.25, 0.3) is 0 Å². The van der Waals surface area contributed by atoms with Crippen LogP contribution in [0.4, 0.5) is 5.82 Å². The van der Waals surface area contributed by atoms with Gasteiger partial charge < -0.3 is 5.73 Å². The lowest BCUT2D eigenvalue weighted by atomic mass is 10.5. The Hall–Kier alpha value is -1.10. The summed E-state index contributed by atoms with van der Waals surface area (Å²) in [5.41, 5.74) is 5.22. The van der Waals surface area contributed by atoms with Gasteiger partial charge in [-0.15, -0.1) is 0 Å². The van der Waals surface area contributed by atoms with Gasteiger partial charge in [0.25, 0.3) is 0 Å². The van der Waals surface area contributed by atoms with E-state index in [0.29, 0.717) is 5.82 Å². The first-order valence-electron chi connectivity index (χ1n) is 2.56. The van der Waals surface area contributed by atoms with E-state index >= 15 is 0 Å². The van der Waals surface area contributed by atoms with E-state index in [4.69, 9.17) is 5.73 Å². The van der Waals surface area contributed by atoms with E-state index in [1.54, 1.807) is 0 Å². The number of pyridine rings is 1. The number of aromatic nitrogens is 1. The molecule has 5 heteroatoms. The van der Waals surface area contributed by atoms with Gasteiger partial charge in [0.15, 0.2) is 10.7 Å². The summed E-state index contributed by atoms with van der Waals surface area (Å²) in [4.78, 5) is 3.78. The maximum Gasteiger partial charge on any atom is 0.169 e. The molecule has 0 radical (unpaired) electrons. The van der Waals surface area contributed by atoms with Crippen LogP contribution in [-0.2, 0) is 10.7 Å². The molecule has 0 saturated carbocycles. The minimum absolute atomic E-state index is 0.184. The Balaban J connectivity index is 3.12. The fraction of sp³-hybridized carbons (Fsp3) is 0. The first-order valence-corrected chi connectivity index (χ1v) is 3.74. The third kappa shape index (κ3) is 1.44. The minimum Gasteiger partial charge on any atom is -0.384 e. The van der Waals surface area contributed by atoms with Crippen molar-refractivity contribution < 1.29 is 8.42 Å². The second kappa shape index (κ2) is 2.66. The standard InChI is InChI=1S/C5H6N2O2S/c6-5-2-1-4(3-7-5)10(8)9/h1-3,10H,(H2,6,7). The fourth-order valence-electron chi connectivity index (χ4n) is 0.505. The van der Waals surface area contributed by atoms with Crippen LogP contribution in [0.15, 0.2) is 23.2 Å². The molecule has 1 heterocycles. The van der Waals surface area contributed by atoms with Crippen molar-refractivity contribution in [3.8, 4) is 0 Å². The van der Waals surface area contributed by atoms with E-state index < -0.39 is 10.7 Å². The Labute approximate surface area is 59.6 Å². The lowest BCUT2D eigenvalue weighted by Gasteiger charge is -1.89. The van der Waals surface area contributed by atoms with Gasteiger partial charge in [-0.3, -0.25) is 0 Å². The summed E-state index contributed by atoms with van der Waals surface area (Å²) in [6, 6.07) is 2.86. The van der Waals surface area contributed by atoms with Crippen molar-refractivity contribution in [2.24, 2.45) is 0 Å². The van der Waals surface area contributed by atoms with Gasteiger partial charge in [-0.25, -0.2) is 13.4 Å². The molecule has 0 unspecified atom stereocenters. The fourth-order valence-corrected chi connectivity index (χ4v) is 0.854. The quantitative estimate of drug-likeness (QED) is 0.547. The molecule has 0 saturated heterocycles. The van der Waals surface area contributed by atoms with Crippen LogP contribution in [0.1, 0.15) is 0 Å². The predicted molar refractivity (Wildman–Crippen MR) is 37.2 cm³/mol. The molecule has 1 aromatic heterocycles. The lowest BCUT2D eigenvalue weighted by Crippen LogP contribution is -1.89. The smallest absolute Gasteiger partial charge is 0.169 e. The van der Waals surface area contributed by atoms with Crippen molar-refractivity contribution in [2.75, 3.05) is 5.73 Å². The predicted octanol–water partition coefficient (Wildman–Crippen LogP) is -0.366. The zero-order chi connectivity index (χ0) is 7.56. The first-order chi connectivity index (χ1) is 4.70. The molecule has 0 amide bonds. The largest absolute Gasteiger partial charge is 0.384 e. The molecular weight excluding hydrogens is 152 g/mol. The van der Waals surface area contributed by atoms with Crippen molar-refractivity contribution in [1.29, 1.82) is 0 Å². The molecule has 0 aliphatic rings. The van der Waals surface area contributed by atoms with Crippen LogP contribution in [0.5, 0.6) is 0 Å². The molecule has 10 heavy (non-hydrogen) atoms. The van der Waals surface area contributed by atoms with Crippen molar-refractivity contribution in [2.45, 2.75) is 4.90 Å². The second-order valence-corrected chi connectivity index (χ2v) is 2.73. The third-order valence-corrected chi connectivity index (χ3v) is 1.67. The third-order valence-electron chi connectivity index (χ3n) is 0.982. The van der Waals surface area contributed by atoms with Gasteiger partial charge in [-0.2, -0.15) is 0 Å². The van der Waals surface area contributed by atoms with Crippen LogP contribution < -0.4 is 5.73 Å². The molecular formula is C5H6N2O2S. The summed E-state index contributed by atoms with van der Waals surface area (Å²) in [6.45, 7) is 0. The summed E-state index contributed by atoms with van der Waals surface area (Å²) in [5, 5.41) is 0. The normalized spacial score (nSPS) is 10.1. The Morgan fingerprint density at radius 1 is 1.40 bits per heavy atom. The van der Waals surface area contributed by atoms with Crippen LogP contribution in [-0.4, -0.2) is 13.4 Å². The molecule has 0 spiro atoms. The van der Waals surface area contributed by atoms with Crippen molar-refractivity contribution >= 4 is 16.5 Å². The second-order valence-electron chi connectivity index (χ2n) is 1.70. The molecule has 1 rings (SSSR count). The van der Waals surface area contributed by atoms with E-state index in [9.17, 15) is 8.42 Å². The van der Waals surface area contributed by atoms with Gasteiger partial charge in [-0.1, -0.05) is 0 Å². The van der Waals surface area contributed by atoms with Gasteiger partial charge in [-0.05, 0) is 12.1 Å². The molecule has 0 atom stereocenters. The minimum atomic E-state index is -2.53. The summed E-state index contributed by atoms with van der Waals surface area (Å²) in [6.07, 6.45) is 1.22. The van der Waals surface area contributed by atoms with E-state index in [-0.39, 0.29) is 4.90 Å². The SMILES string of the molecule is Nc1ccc([SH](=O)=O)cn1. The van der Waals surface area contributed by atoms with Gasteiger partial charge in [0.1, 0.15) is 5.82 Å². The highest BCUT2D eigenvalue weighted by Gasteiger charge is 1.92. The van der Waals surface area contributed by atoms with Gasteiger partial charge in [0, 0.05) is 6.20 Å². The molecule has 54 valence electrons. The van der Waals surface area contributed by atoms with Crippen molar-refractivity contribution in [1.82, 2.24) is 4.98 Å². The summed E-state index contributed by atoms with van der Waals surface area (Å²) in [7, 11) is -2.53. The van der Waals surface area contributed by atoms with Gasteiger partial charge in [0.2, 0.25) is 0 Å². The Morgan fingerprint density at radius 3 is 2.50 bits per heavy atom. The Kier molecular flexibility index (Phi) is 1.86. The van der Waals surface area contributed by atoms with E-state index in [2.05, 4.69) is 4.98 Å². The Bertz CT molecular complexity index is 283. The molecule has 0 bridgehead atoms. The topological polar surface area (TPSA) is 73.1 Å². The highest BCUT2D eigenvalue weighted by Crippen LogP contribution is 2.00. The van der Waals surface area contributed by atoms with E-state index in [0.717, 1.165) is 0 Å². The average molecular weight is 158 g/mol. The van der Waals surface area contributed by atoms with Crippen molar-refractivity contribution in [3.63, 3.8) is 0 Å². The Morgan fingerprint density at radius 2 is 2.10 bits per heavy atom. The summed E-state index contributed by atoms with van der Waals surface area (Å²) >= 11 is 0. The molecule has 0 aliphatic heterocycles. The summed E-state index contributed by atoms with van der Waals surface area (Å²) in [5.74, 6) is 0.320. The highest BCUT2D eigenvalue weighted by atomic mass is 32.2. The zero-order valence-electron chi connectivity index (χ0n) is 5.02. The molecule has 0 fully saturated rings. The number of anilines is 1. The lowest BCUT2D eigenvalue weighted by molar-refractivity contribution is 0.614. The summed E-state index contributed by atoms with van der Waals surface area (Å²) < 4.78 is 20.5. The van der Waals surface area contributed by atoms with Crippen molar-refractivity contribution in [3.05, 3.63) is 18.3 Å². The highest BCUT2D eigenvalue weighted by molar-refractivity contribution is 7.72. The van der Waals surface area contributed by atoms with Crippen LogP contribution in [0.2, 0.25) is 0 Å².